The predicted octanol–water partition coefficient (Wildman–Crippen LogP) is -0.428. The molecule has 0 heterocycles. The molecule has 0 aromatic rings. The van der Waals surface area contributed by atoms with Gasteiger partial charge in [-0.1, -0.05) is 0 Å². The number of hydrogen-bond acceptors (Lipinski definition) is 2. The summed E-state index contributed by atoms with van der Waals surface area (Å²) in [5, 5.41) is 8.24. The summed E-state index contributed by atoms with van der Waals surface area (Å²) in [6.45, 7) is 2.01. The van der Waals surface area contributed by atoms with E-state index in [4.69, 9.17) is 10.8 Å². The first-order valence-corrected chi connectivity index (χ1v) is 1.65. The number of aliphatic hydroxyl groups excluding tert-OH is 1. The van der Waals surface area contributed by atoms with Crippen LogP contribution >= 0.6 is 0 Å². The fourth-order valence-electron chi connectivity index (χ4n) is 0. The molecule has 34 valence electrons. The minimum atomic E-state index is -0.338. The van der Waals surface area contributed by atoms with E-state index in [1.165, 1.54) is 0 Å². The molecule has 0 aliphatic rings. The van der Waals surface area contributed by atoms with Crippen LogP contribution in [0.1, 0.15) is 8.35 Å². The minimum absolute atomic E-state index is 0. The molecule has 3 N–H and O–H groups in total. The van der Waals surface area contributed by atoms with E-state index in [2.05, 4.69) is 0 Å². The summed E-state index contributed by atoms with van der Waals surface area (Å²) < 4.78 is 0. The van der Waals surface area contributed by atoms with Crippen molar-refractivity contribution >= 4 is 0 Å². The summed E-state index contributed by atoms with van der Waals surface area (Å²) in [4.78, 5) is 0. The molecule has 0 spiro atoms. The Morgan fingerprint density at radius 2 is 2.40 bits per heavy atom. The van der Waals surface area contributed by atoms with Crippen molar-refractivity contribution in [3.8, 4) is 0 Å². The first kappa shape index (κ1) is 4.92. The Morgan fingerprint density at radius 3 is 2.40 bits per heavy atom. The second kappa shape index (κ2) is 2.18. The molecular formula is C3H11NO. The molecule has 0 amide bonds. The van der Waals surface area contributed by atoms with E-state index in [1.54, 1.807) is 6.92 Å². The van der Waals surface area contributed by atoms with Crippen molar-refractivity contribution in [2.75, 3.05) is 6.54 Å². The molecule has 5 heavy (non-hydrogen) atoms. The van der Waals surface area contributed by atoms with Crippen molar-refractivity contribution in [2.24, 2.45) is 5.73 Å². The molecule has 0 saturated carbocycles. The van der Waals surface area contributed by atoms with Crippen molar-refractivity contribution in [1.82, 2.24) is 0 Å². The maximum absolute atomic E-state index is 8.24. The number of hydrogen-bond donors (Lipinski definition) is 2. The molecule has 0 aromatic heterocycles. The molecule has 0 saturated heterocycles. The van der Waals surface area contributed by atoms with Crippen LogP contribution in [0.3, 0.4) is 0 Å². The Bertz CT molecular complexity index is 24.8. The highest BCUT2D eigenvalue weighted by Crippen LogP contribution is 1.65. The van der Waals surface area contributed by atoms with Crippen LogP contribution in [0.5, 0.6) is 0 Å². The third-order valence-corrected chi connectivity index (χ3v) is 0.341. The van der Waals surface area contributed by atoms with Crippen LogP contribution < -0.4 is 5.73 Å². The number of nitrogens with two attached hydrogens (primary N) is 1. The van der Waals surface area contributed by atoms with Gasteiger partial charge < -0.3 is 10.8 Å². The zero-order valence-electron chi connectivity index (χ0n) is 3.31. The molecule has 2 nitrogen and oxygen atoms in total. The molecular weight excluding hydrogens is 66.0 g/mol. The second-order valence-corrected chi connectivity index (χ2v) is 1.08. The first-order valence-electron chi connectivity index (χ1n) is 1.65. The summed E-state index contributed by atoms with van der Waals surface area (Å²) >= 11 is 0. The van der Waals surface area contributed by atoms with Gasteiger partial charge in [-0.15, -0.1) is 0 Å². The third-order valence-electron chi connectivity index (χ3n) is 0.341. The summed E-state index contributed by atoms with van der Waals surface area (Å²) in [5.74, 6) is 0. The Balaban J connectivity index is 0. The lowest BCUT2D eigenvalue weighted by atomic mass is 10.4. The van der Waals surface area contributed by atoms with Crippen LogP contribution in [0.4, 0.5) is 0 Å². The highest BCUT2D eigenvalue weighted by atomic mass is 16.3. The highest BCUT2D eigenvalue weighted by molar-refractivity contribution is 4.40. The van der Waals surface area contributed by atoms with Crippen molar-refractivity contribution in [3.63, 3.8) is 0 Å². The minimum Gasteiger partial charge on any atom is -0.392 e. The van der Waals surface area contributed by atoms with Gasteiger partial charge in [-0.05, 0) is 6.92 Å². The number of rotatable bonds is 1. The van der Waals surface area contributed by atoms with Gasteiger partial charge in [-0.3, -0.25) is 0 Å². The molecule has 0 aliphatic heterocycles. The molecule has 0 aliphatic carbocycles. The standard InChI is InChI=1S/C3H9NO.H2/c1-3(5)2-4;/h3,5H,2,4H2,1H3;1H. The van der Waals surface area contributed by atoms with E-state index in [9.17, 15) is 0 Å². The molecule has 1 atom stereocenters. The van der Waals surface area contributed by atoms with Crippen molar-refractivity contribution < 1.29 is 6.53 Å². The molecule has 2 heteroatoms. The van der Waals surface area contributed by atoms with E-state index < -0.39 is 0 Å². The van der Waals surface area contributed by atoms with Crippen LogP contribution in [0, 0.1) is 0 Å². The van der Waals surface area contributed by atoms with Gasteiger partial charge in [-0.25, -0.2) is 0 Å². The van der Waals surface area contributed by atoms with Crippen LogP contribution in [-0.2, 0) is 0 Å². The van der Waals surface area contributed by atoms with E-state index in [-0.39, 0.29) is 7.53 Å². The maximum atomic E-state index is 8.24. The Kier molecular flexibility index (Phi) is 2.14. The van der Waals surface area contributed by atoms with Crippen molar-refractivity contribution in [2.45, 2.75) is 13.0 Å². The Morgan fingerprint density at radius 1 is 2.20 bits per heavy atom. The average molecular weight is 77.1 g/mol. The van der Waals surface area contributed by atoms with Gasteiger partial charge in [0, 0.05) is 7.97 Å². The zero-order chi connectivity index (χ0) is 4.28. The normalized spacial score (nSPS) is 15.0. The summed E-state index contributed by atoms with van der Waals surface area (Å²) in [6, 6.07) is 0. The van der Waals surface area contributed by atoms with Gasteiger partial charge in [0.2, 0.25) is 0 Å². The van der Waals surface area contributed by atoms with Gasteiger partial charge in [0.15, 0.2) is 0 Å². The largest absolute Gasteiger partial charge is 0.392 e. The molecule has 0 radical (unpaired) electrons. The first-order chi connectivity index (χ1) is 2.27. The van der Waals surface area contributed by atoms with Crippen molar-refractivity contribution in [1.29, 1.82) is 0 Å². The SMILES string of the molecule is CC(O)CN.[HH]. The van der Waals surface area contributed by atoms with Crippen LogP contribution in [0.25, 0.3) is 0 Å². The quantitative estimate of drug-likeness (QED) is 0.446. The van der Waals surface area contributed by atoms with Crippen LogP contribution in [0.15, 0.2) is 0 Å². The topological polar surface area (TPSA) is 46.2 Å². The smallest absolute Gasteiger partial charge is 0.0634 e. The average Bonchev–Trinajstić information content (AvgIpc) is 1.38. The summed E-state index contributed by atoms with van der Waals surface area (Å²) in [6.07, 6.45) is -0.338. The van der Waals surface area contributed by atoms with E-state index in [0.717, 1.165) is 0 Å². The second-order valence-electron chi connectivity index (χ2n) is 1.08. The maximum Gasteiger partial charge on any atom is 0.0634 e. The van der Waals surface area contributed by atoms with E-state index >= 15 is 0 Å². The molecule has 1 unspecified atom stereocenters. The predicted molar refractivity (Wildman–Crippen MR) is 22.8 cm³/mol. The van der Waals surface area contributed by atoms with E-state index in [0.29, 0.717) is 6.54 Å². The Hall–Kier alpha value is -0.0800. The highest BCUT2D eigenvalue weighted by Gasteiger charge is 1.81. The van der Waals surface area contributed by atoms with Gasteiger partial charge in [0.1, 0.15) is 0 Å². The van der Waals surface area contributed by atoms with Gasteiger partial charge in [0.05, 0.1) is 6.10 Å². The lowest BCUT2D eigenvalue weighted by molar-refractivity contribution is 0.203. The monoisotopic (exact) mass is 77.1 g/mol. The van der Waals surface area contributed by atoms with Crippen molar-refractivity contribution in [3.05, 3.63) is 0 Å². The lowest BCUT2D eigenvalue weighted by Crippen LogP contribution is -2.14. The Labute approximate surface area is 33.1 Å². The fourth-order valence-corrected chi connectivity index (χ4v) is 0. The molecule has 0 aromatic carbocycles. The molecule has 0 rings (SSSR count). The summed E-state index contributed by atoms with van der Waals surface area (Å²) in [7, 11) is 0. The molecule has 0 fully saturated rings. The summed E-state index contributed by atoms with van der Waals surface area (Å²) in [5.41, 5.74) is 4.92. The lowest BCUT2D eigenvalue weighted by Gasteiger charge is -1.91. The zero-order valence-corrected chi connectivity index (χ0v) is 3.31. The molecule has 0 bridgehead atoms. The van der Waals surface area contributed by atoms with Gasteiger partial charge in [-0.2, -0.15) is 0 Å². The number of aliphatic hydroxyl groups is 1. The third kappa shape index (κ3) is 3.92. The van der Waals surface area contributed by atoms with Crippen LogP contribution in [-0.4, -0.2) is 17.8 Å². The van der Waals surface area contributed by atoms with Gasteiger partial charge >= 0.3 is 0 Å². The van der Waals surface area contributed by atoms with Gasteiger partial charge in [0.25, 0.3) is 0 Å². The fraction of sp³-hybridized carbons (Fsp3) is 1.00. The van der Waals surface area contributed by atoms with E-state index in [1.807, 2.05) is 0 Å². The van der Waals surface area contributed by atoms with Crippen LogP contribution in [0.2, 0.25) is 0 Å².